The quantitative estimate of drug-likeness (QED) is 0.318. The van der Waals surface area contributed by atoms with Crippen molar-refractivity contribution in [3.63, 3.8) is 0 Å². The highest BCUT2D eigenvalue weighted by molar-refractivity contribution is 5.99. The lowest BCUT2D eigenvalue weighted by Gasteiger charge is -2.23. The van der Waals surface area contributed by atoms with E-state index in [2.05, 4.69) is 10.4 Å². The number of benzene rings is 2. The minimum absolute atomic E-state index is 0.0672. The van der Waals surface area contributed by atoms with E-state index in [1.54, 1.807) is 12.1 Å². The molecule has 0 radical (unpaired) electrons. The number of amides is 2. The number of hydrogen-bond donors (Lipinski definition) is 1. The number of methoxy groups -OCH3 is 1. The fraction of sp³-hybridized carbons (Fsp3) is 0.393. The fourth-order valence-corrected chi connectivity index (χ4v) is 3.86. The molecule has 7 nitrogen and oxygen atoms in total. The predicted octanol–water partition coefficient (Wildman–Crippen LogP) is 6.24. The van der Waals surface area contributed by atoms with Gasteiger partial charge in [-0.15, -0.1) is 0 Å². The first-order chi connectivity index (χ1) is 18.9. The van der Waals surface area contributed by atoms with Crippen LogP contribution in [0.1, 0.15) is 53.5 Å². The van der Waals surface area contributed by atoms with Crippen molar-refractivity contribution >= 4 is 17.6 Å². The maximum absolute atomic E-state index is 13.4. The zero-order valence-corrected chi connectivity index (χ0v) is 23.1. The highest BCUT2D eigenvalue weighted by Crippen LogP contribution is 2.36. The Hall–Kier alpha value is -3.87. The highest BCUT2D eigenvalue weighted by atomic mass is 19.4. The molecule has 1 aromatic heterocycles. The number of anilines is 1. The van der Waals surface area contributed by atoms with Crippen molar-refractivity contribution in [2.24, 2.45) is 0 Å². The lowest BCUT2D eigenvalue weighted by molar-refractivity contribution is -0.143. The maximum atomic E-state index is 13.4. The molecule has 3 aromatic rings. The van der Waals surface area contributed by atoms with Crippen LogP contribution in [0.4, 0.5) is 32.2 Å². The van der Waals surface area contributed by atoms with Crippen LogP contribution in [0.15, 0.2) is 48.5 Å². The van der Waals surface area contributed by atoms with Crippen molar-refractivity contribution < 1.29 is 40.7 Å². The van der Waals surface area contributed by atoms with Crippen molar-refractivity contribution in [1.29, 1.82) is 0 Å². The third-order valence-corrected chi connectivity index (χ3v) is 6.01. The van der Waals surface area contributed by atoms with Gasteiger partial charge in [0.1, 0.15) is 12.4 Å². The minimum Gasteiger partial charge on any atom is -0.383 e. The standard InChI is InChI=1S/C28H30F6N4O3/c1-17-7-6-8-21(11-17)38-23(15-22(36-38)26(2,3)4)35-24(39)16-37(9-10-41-5)25(40)18-12-19(27(29,30)31)14-20(13-18)28(32,33)34/h6-8,11-15H,9-10,16H2,1-5H3,(H,35,39). The van der Waals surface area contributed by atoms with Crippen LogP contribution in [0.2, 0.25) is 0 Å². The molecular formula is C28H30F6N4O3. The summed E-state index contributed by atoms with van der Waals surface area (Å²) in [5.74, 6) is -1.67. The van der Waals surface area contributed by atoms with E-state index in [0.29, 0.717) is 23.5 Å². The molecule has 0 unspecified atom stereocenters. The van der Waals surface area contributed by atoms with E-state index in [9.17, 15) is 35.9 Å². The summed E-state index contributed by atoms with van der Waals surface area (Å²) in [5.41, 5.74) is -2.31. The number of rotatable bonds is 8. The smallest absolute Gasteiger partial charge is 0.383 e. The van der Waals surface area contributed by atoms with Gasteiger partial charge in [0.15, 0.2) is 0 Å². The molecule has 0 aliphatic carbocycles. The molecule has 0 aliphatic rings. The number of aromatic nitrogens is 2. The Morgan fingerprint density at radius 1 is 0.951 bits per heavy atom. The number of nitrogens with zero attached hydrogens (tertiary/aromatic N) is 3. The molecule has 0 aliphatic heterocycles. The van der Waals surface area contributed by atoms with Gasteiger partial charge in [-0.05, 0) is 42.8 Å². The average Bonchev–Trinajstić information content (AvgIpc) is 3.29. The zero-order valence-electron chi connectivity index (χ0n) is 23.1. The van der Waals surface area contributed by atoms with Crippen LogP contribution >= 0.6 is 0 Å². The molecule has 3 rings (SSSR count). The van der Waals surface area contributed by atoms with Gasteiger partial charge in [-0.2, -0.15) is 31.4 Å². The molecule has 0 fully saturated rings. The minimum atomic E-state index is -5.13. The molecule has 1 N–H and O–H groups in total. The Morgan fingerprint density at radius 2 is 1.56 bits per heavy atom. The van der Waals surface area contributed by atoms with Crippen molar-refractivity contribution in [3.05, 3.63) is 76.5 Å². The molecular weight excluding hydrogens is 554 g/mol. The Kier molecular flexibility index (Phi) is 9.21. The van der Waals surface area contributed by atoms with Gasteiger partial charge in [0, 0.05) is 30.7 Å². The third kappa shape index (κ3) is 8.09. The van der Waals surface area contributed by atoms with Gasteiger partial charge in [-0.3, -0.25) is 9.59 Å². The van der Waals surface area contributed by atoms with Crippen LogP contribution in [0.3, 0.4) is 0 Å². The SMILES string of the molecule is COCCN(CC(=O)Nc1cc(C(C)(C)C)nn1-c1cccc(C)c1)C(=O)c1cc(C(F)(F)F)cc(C(F)(F)F)c1. The summed E-state index contributed by atoms with van der Waals surface area (Å²) in [6.07, 6.45) is -10.3. The van der Waals surface area contributed by atoms with Crippen LogP contribution in [-0.4, -0.2) is 53.3 Å². The number of hydrogen-bond acceptors (Lipinski definition) is 4. The molecule has 0 spiro atoms. The number of carbonyl (C=O) groups is 2. The Bertz CT molecular complexity index is 1370. The van der Waals surface area contributed by atoms with Crippen LogP contribution in [-0.2, 0) is 27.3 Å². The molecule has 0 atom stereocenters. The van der Waals surface area contributed by atoms with Gasteiger partial charge in [0.2, 0.25) is 5.91 Å². The summed E-state index contributed by atoms with van der Waals surface area (Å²) < 4.78 is 86.6. The van der Waals surface area contributed by atoms with Crippen molar-refractivity contribution in [1.82, 2.24) is 14.7 Å². The lowest BCUT2D eigenvalue weighted by Crippen LogP contribution is -2.40. The Labute approximate surface area is 233 Å². The monoisotopic (exact) mass is 584 g/mol. The number of aryl methyl sites for hydroxylation is 1. The van der Waals surface area contributed by atoms with Crippen LogP contribution in [0.5, 0.6) is 0 Å². The number of nitrogens with one attached hydrogen (secondary N) is 1. The number of alkyl halides is 6. The number of ether oxygens (including phenoxy) is 1. The second-order valence-electron chi connectivity index (χ2n) is 10.5. The summed E-state index contributed by atoms with van der Waals surface area (Å²) in [5, 5.41) is 7.28. The van der Waals surface area contributed by atoms with E-state index in [4.69, 9.17) is 4.74 Å². The molecule has 0 saturated heterocycles. The summed E-state index contributed by atoms with van der Waals surface area (Å²) >= 11 is 0. The van der Waals surface area contributed by atoms with E-state index in [0.717, 1.165) is 10.5 Å². The lowest BCUT2D eigenvalue weighted by atomic mass is 9.92. The Balaban J connectivity index is 1.95. The van der Waals surface area contributed by atoms with Crippen LogP contribution in [0.25, 0.3) is 5.69 Å². The van der Waals surface area contributed by atoms with Gasteiger partial charge in [-0.1, -0.05) is 32.9 Å². The van der Waals surface area contributed by atoms with E-state index >= 15 is 0 Å². The fourth-order valence-electron chi connectivity index (χ4n) is 3.86. The summed E-state index contributed by atoms with van der Waals surface area (Å²) in [7, 11) is 1.29. The second kappa shape index (κ2) is 11.9. The first-order valence-corrected chi connectivity index (χ1v) is 12.5. The first kappa shape index (κ1) is 31.7. The van der Waals surface area contributed by atoms with Gasteiger partial charge in [0.25, 0.3) is 5.91 Å². The van der Waals surface area contributed by atoms with Gasteiger partial charge in [-0.25, -0.2) is 4.68 Å². The van der Waals surface area contributed by atoms with Crippen LogP contribution in [0, 0.1) is 6.92 Å². The number of halogens is 6. The largest absolute Gasteiger partial charge is 0.416 e. The zero-order chi connectivity index (χ0) is 30.8. The summed E-state index contributed by atoms with van der Waals surface area (Å²) in [6, 6.07) is 9.57. The summed E-state index contributed by atoms with van der Waals surface area (Å²) in [4.78, 5) is 27.2. The molecule has 41 heavy (non-hydrogen) atoms. The molecule has 2 amide bonds. The second-order valence-corrected chi connectivity index (χ2v) is 10.5. The van der Waals surface area contributed by atoms with E-state index < -0.39 is 52.8 Å². The summed E-state index contributed by atoms with van der Waals surface area (Å²) in [6.45, 7) is 6.59. The highest BCUT2D eigenvalue weighted by Gasteiger charge is 2.38. The normalized spacial score (nSPS) is 12.4. The first-order valence-electron chi connectivity index (χ1n) is 12.5. The van der Waals surface area contributed by atoms with Crippen LogP contribution < -0.4 is 5.32 Å². The van der Waals surface area contributed by atoms with E-state index in [1.165, 1.54) is 11.8 Å². The van der Waals surface area contributed by atoms with Crippen molar-refractivity contribution in [3.8, 4) is 5.69 Å². The Morgan fingerprint density at radius 3 is 2.07 bits per heavy atom. The molecule has 1 heterocycles. The van der Waals surface area contributed by atoms with Crippen molar-refractivity contribution in [2.75, 3.05) is 32.1 Å². The molecule has 0 bridgehead atoms. The molecule has 0 saturated carbocycles. The molecule has 2 aromatic carbocycles. The molecule has 13 heteroatoms. The van der Waals surface area contributed by atoms with Gasteiger partial charge in [0.05, 0.1) is 29.1 Å². The van der Waals surface area contributed by atoms with Gasteiger partial charge >= 0.3 is 12.4 Å². The average molecular weight is 585 g/mol. The van der Waals surface area contributed by atoms with Crippen molar-refractivity contribution in [2.45, 2.75) is 45.5 Å². The van der Waals surface area contributed by atoms with Gasteiger partial charge < -0.3 is 15.0 Å². The van der Waals surface area contributed by atoms with E-state index in [1.807, 2.05) is 45.9 Å². The third-order valence-electron chi connectivity index (χ3n) is 6.01. The van der Waals surface area contributed by atoms with E-state index in [-0.39, 0.29) is 25.0 Å². The predicted molar refractivity (Wildman–Crippen MR) is 140 cm³/mol. The molecule has 222 valence electrons. The number of carbonyl (C=O) groups excluding carboxylic acids is 2. The topological polar surface area (TPSA) is 76.5 Å². The maximum Gasteiger partial charge on any atom is 0.416 e.